The normalized spacial score (nSPS) is 21.8. The molecule has 1 aliphatic heterocycles. The molecule has 0 amide bonds. The minimum atomic E-state index is 0.646. The first kappa shape index (κ1) is 12.9. The van der Waals surface area contributed by atoms with E-state index in [9.17, 15) is 0 Å². The van der Waals surface area contributed by atoms with Gasteiger partial charge in [-0.05, 0) is 25.4 Å². The van der Waals surface area contributed by atoms with Crippen LogP contribution in [0.15, 0.2) is 0 Å². The summed E-state index contributed by atoms with van der Waals surface area (Å²) in [5.74, 6) is 0.646. The Labute approximate surface area is 94.6 Å². The quantitative estimate of drug-likeness (QED) is 0.714. The molecule has 0 spiro atoms. The summed E-state index contributed by atoms with van der Waals surface area (Å²) in [6.45, 7) is 12.7. The van der Waals surface area contributed by atoms with E-state index in [1.807, 2.05) is 0 Å². The zero-order chi connectivity index (χ0) is 11.1. The Hall–Kier alpha value is -0.120. The van der Waals surface area contributed by atoms with Gasteiger partial charge in [-0.15, -0.1) is 0 Å². The Bertz CT molecular complexity index is 153. The van der Waals surface area contributed by atoms with E-state index >= 15 is 0 Å². The van der Waals surface area contributed by atoms with Gasteiger partial charge in [0.1, 0.15) is 0 Å². The van der Waals surface area contributed by atoms with Gasteiger partial charge in [0.2, 0.25) is 0 Å². The van der Waals surface area contributed by atoms with Crippen molar-refractivity contribution < 1.29 is 0 Å². The molecule has 0 radical (unpaired) electrons. The summed E-state index contributed by atoms with van der Waals surface area (Å²) in [6.07, 6.45) is 2.66. The third-order valence-corrected chi connectivity index (χ3v) is 3.27. The zero-order valence-electron chi connectivity index (χ0n) is 10.4. The Morgan fingerprint density at radius 2 is 1.73 bits per heavy atom. The molecule has 1 rings (SSSR count). The van der Waals surface area contributed by atoms with E-state index in [0.29, 0.717) is 5.92 Å². The van der Waals surface area contributed by atoms with Crippen LogP contribution in [0.1, 0.15) is 26.7 Å². The van der Waals surface area contributed by atoms with Crippen molar-refractivity contribution in [1.82, 2.24) is 9.80 Å². The summed E-state index contributed by atoms with van der Waals surface area (Å²) in [7, 11) is 0. The van der Waals surface area contributed by atoms with E-state index in [1.165, 1.54) is 52.1 Å². The highest BCUT2D eigenvalue weighted by Crippen LogP contribution is 2.05. The van der Waals surface area contributed by atoms with Gasteiger partial charge in [-0.3, -0.25) is 0 Å². The van der Waals surface area contributed by atoms with Crippen molar-refractivity contribution in [2.75, 3.05) is 45.8 Å². The molecule has 0 saturated carbocycles. The number of rotatable bonds is 6. The molecule has 0 aromatic carbocycles. The van der Waals surface area contributed by atoms with Gasteiger partial charge >= 0.3 is 0 Å². The summed E-state index contributed by atoms with van der Waals surface area (Å²) >= 11 is 0. The predicted molar refractivity (Wildman–Crippen MR) is 66.0 cm³/mol. The van der Waals surface area contributed by atoms with Crippen LogP contribution in [-0.4, -0.2) is 55.6 Å². The Balaban J connectivity index is 2.12. The molecule has 15 heavy (non-hydrogen) atoms. The van der Waals surface area contributed by atoms with Crippen LogP contribution >= 0.6 is 0 Å². The number of nitrogens with zero attached hydrogens (tertiary/aromatic N) is 2. The van der Waals surface area contributed by atoms with Gasteiger partial charge in [0.05, 0.1) is 0 Å². The summed E-state index contributed by atoms with van der Waals surface area (Å²) in [5.41, 5.74) is 5.65. The van der Waals surface area contributed by atoms with Crippen molar-refractivity contribution in [2.45, 2.75) is 26.7 Å². The highest BCUT2D eigenvalue weighted by atomic mass is 15.3. The minimum Gasteiger partial charge on any atom is -0.330 e. The average Bonchev–Trinajstić information content (AvgIpc) is 2.28. The van der Waals surface area contributed by atoms with Crippen molar-refractivity contribution in [3.63, 3.8) is 0 Å². The van der Waals surface area contributed by atoms with Crippen molar-refractivity contribution in [2.24, 2.45) is 11.7 Å². The molecule has 2 N–H and O–H groups in total. The Morgan fingerprint density at radius 3 is 2.27 bits per heavy atom. The van der Waals surface area contributed by atoms with Crippen LogP contribution in [-0.2, 0) is 0 Å². The molecule has 1 atom stereocenters. The number of hydrogen-bond acceptors (Lipinski definition) is 3. The standard InChI is InChI=1S/C12H27N3/c1-3-4-5-14-6-8-15(9-7-14)11-12(2)10-13/h12H,3-11,13H2,1-2H3. The number of piperazine rings is 1. The molecule has 1 unspecified atom stereocenters. The molecule has 0 aromatic heterocycles. The molecule has 3 nitrogen and oxygen atoms in total. The summed E-state index contributed by atoms with van der Waals surface area (Å²) in [6, 6.07) is 0. The van der Waals surface area contributed by atoms with Gasteiger partial charge in [-0.2, -0.15) is 0 Å². The molecule has 0 bridgehead atoms. The average molecular weight is 213 g/mol. The summed E-state index contributed by atoms with van der Waals surface area (Å²) in [5, 5.41) is 0. The first-order valence-corrected chi connectivity index (χ1v) is 6.41. The van der Waals surface area contributed by atoms with Crippen LogP contribution in [0.25, 0.3) is 0 Å². The second kappa shape index (κ2) is 7.20. The van der Waals surface area contributed by atoms with Crippen LogP contribution in [0, 0.1) is 5.92 Å². The fraction of sp³-hybridized carbons (Fsp3) is 1.00. The maximum Gasteiger partial charge on any atom is 0.0110 e. The largest absolute Gasteiger partial charge is 0.330 e. The van der Waals surface area contributed by atoms with Crippen molar-refractivity contribution >= 4 is 0 Å². The maximum absolute atomic E-state index is 5.65. The van der Waals surface area contributed by atoms with E-state index in [0.717, 1.165) is 6.54 Å². The fourth-order valence-electron chi connectivity index (χ4n) is 2.09. The SMILES string of the molecule is CCCCN1CCN(CC(C)CN)CC1. The molecule has 1 aliphatic rings. The second-order valence-corrected chi connectivity index (χ2v) is 4.84. The monoisotopic (exact) mass is 213 g/mol. The van der Waals surface area contributed by atoms with Crippen LogP contribution in [0.3, 0.4) is 0 Å². The lowest BCUT2D eigenvalue weighted by Gasteiger charge is -2.35. The number of unbranched alkanes of at least 4 members (excludes halogenated alkanes) is 1. The molecule has 1 saturated heterocycles. The first-order chi connectivity index (χ1) is 7.26. The molecule has 0 aliphatic carbocycles. The van der Waals surface area contributed by atoms with Crippen LogP contribution in [0.2, 0.25) is 0 Å². The van der Waals surface area contributed by atoms with E-state index in [-0.39, 0.29) is 0 Å². The van der Waals surface area contributed by atoms with Gasteiger partial charge in [-0.25, -0.2) is 0 Å². The molecular formula is C12H27N3. The molecule has 0 aromatic rings. The number of nitrogens with two attached hydrogens (primary N) is 1. The summed E-state index contributed by atoms with van der Waals surface area (Å²) in [4.78, 5) is 5.15. The fourth-order valence-corrected chi connectivity index (χ4v) is 2.09. The van der Waals surface area contributed by atoms with Crippen molar-refractivity contribution in [1.29, 1.82) is 0 Å². The summed E-state index contributed by atoms with van der Waals surface area (Å²) < 4.78 is 0. The van der Waals surface area contributed by atoms with E-state index in [1.54, 1.807) is 0 Å². The third kappa shape index (κ3) is 4.96. The predicted octanol–water partition coefficient (Wildman–Crippen LogP) is 0.999. The molecule has 90 valence electrons. The Kier molecular flexibility index (Phi) is 6.22. The van der Waals surface area contributed by atoms with Crippen molar-refractivity contribution in [3.05, 3.63) is 0 Å². The lowest BCUT2D eigenvalue weighted by Crippen LogP contribution is -2.48. The second-order valence-electron chi connectivity index (χ2n) is 4.84. The smallest absolute Gasteiger partial charge is 0.0110 e. The van der Waals surface area contributed by atoms with Gasteiger partial charge in [0.25, 0.3) is 0 Å². The molecule has 3 heteroatoms. The van der Waals surface area contributed by atoms with Crippen molar-refractivity contribution in [3.8, 4) is 0 Å². The highest BCUT2D eigenvalue weighted by molar-refractivity contribution is 4.73. The van der Waals surface area contributed by atoms with Crippen LogP contribution in [0.4, 0.5) is 0 Å². The lowest BCUT2D eigenvalue weighted by atomic mass is 10.1. The maximum atomic E-state index is 5.65. The van der Waals surface area contributed by atoms with E-state index in [2.05, 4.69) is 23.6 Å². The highest BCUT2D eigenvalue weighted by Gasteiger charge is 2.17. The molecule has 1 fully saturated rings. The van der Waals surface area contributed by atoms with Gasteiger partial charge in [0, 0.05) is 32.7 Å². The molecule has 1 heterocycles. The van der Waals surface area contributed by atoms with Gasteiger partial charge in [-0.1, -0.05) is 20.3 Å². The lowest BCUT2D eigenvalue weighted by molar-refractivity contribution is 0.120. The molecular weight excluding hydrogens is 186 g/mol. The topological polar surface area (TPSA) is 32.5 Å². The minimum absolute atomic E-state index is 0.646. The van der Waals surface area contributed by atoms with Gasteiger partial charge < -0.3 is 15.5 Å². The van der Waals surface area contributed by atoms with Gasteiger partial charge in [0.15, 0.2) is 0 Å². The van der Waals surface area contributed by atoms with E-state index < -0.39 is 0 Å². The van der Waals surface area contributed by atoms with Crippen LogP contribution < -0.4 is 5.73 Å². The van der Waals surface area contributed by atoms with Crippen LogP contribution in [0.5, 0.6) is 0 Å². The first-order valence-electron chi connectivity index (χ1n) is 6.41. The zero-order valence-corrected chi connectivity index (χ0v) is 10.4. The van der Waals surface area contributed by atoms with E-state index in [4.69, 9.17) is 5.73 Å². The number of hydrogen-bond donors (Lipinski definition) is 1. The third-order valence-electron chi connectivity index (χ3n) is 3.27. The Morgan fingerprint density at radius 1 is 1.13 bits per heavy atom.